The molecule has 0 spiro atoms. The summed E-state index contributed by atoms with van der Waals surface area (Å²) in [7, 11) is 3.84. The number of likely N-dealkylation sites (tertiary alicyclic amines) is 1. The number of aliphatic imine (C=N–C) groups is 1. The lowest BCUT2D eigenvalue weighted by molar-refractivity contribution is -0.0564. The van der Waals surface area contributed by atoms with Crippen LogP contribution in [0.25, 0.3) is 27.9 Å². The lowest BCUT2D eigenvalue weighted by Crippen LogP contribution is -2.41. The molecule has 164 valence electrons. The van der Waals surface area contributed by atoms with Crippen LogP contribution < -0.4 is 4.74 Å². The van der Waals surface area contributed by atoms with Crippen molar-refractivity contribution in [2.75, 3.05) is 33.3 Å². The van der Waals surface area contributed by atoms with Crippen molar-refractivity contribution in [3.8, 4) is 5.75 Å². The Hall–Kier alpha value is -2.73. The van der Waals surface area contributed by atoms with E-state index in [9.17, 15) is 8.78 Å². The number of nitrogens with zero attached hydrogens (tertiary/aromatic N) is 3. The van der Waals surface area contributed by atoms with E-state index in [0.717, 1.165) is 33.2 Å². The van der Waals surface area contributed by atoms with Crippen LogP contribution >= 0.6 is 0 Å². The predicted octanol–water partition coefficient (Wildman–Crippen LogP) is 5.44. The summed E-state index contributed by atoms with van der Waals surface area (Å²) in [4.78, 5) is 6.25. The van der Waals surface area contributed by atoms with Crippen LogP contribution in [0.5, 0.6) is 5.75 Å². The van der Waals surface area contributed by atoms with Crippen molar-refractivity contribution in [1.29, 1.82) is 0 Å². The average molecular weight is 426 g/mol. The van der Waals surface area contributed by atoms with Gasteiger partial charge in [-0.15, -0.1) is 0 Å². The first-order chi connectivity index (χ1) is 14.8. The SMILES string of the molecule is C=Cc1c(C=NC)cc2c3cc(OCCN4CCC(F)(F)CC4)ccc3n(C)c2c1C. The standard InChI is InChI=1S/C25H29F2N3O/c1-5-20-17(2)24-22(14-18(20)16-28-3)21-15-19(6-7-23(21)29(24)4)31-13-12-30-10-8-25(26,27)9-11-30/h5-7,14-16H,1,8-13H2,2-4H3. The number of piperidine rings is 1. The highest BCUT2D eigenvalue weighted by Crippen LogP contribution is 2.35. The summed E-state index contributed by atoms with van der Waals surface area (Å²) in [5.74, 6) is -1.72. The van der Waals surface area contributed by atoms with Crippen LogP contribution in [0.15, 0.2) is 35.8 Å². The molecule has 0 N–H and O–H groups in total. The zero-order valence-corrected chi connectivity index (χ0v) is 18.4. The van der Waals surface area contributed by atoms with Gasteiger partial charge in [-0.1, -0.05) is 12.7 Å². The van der Waals surface area contributed by atoms with E-state index in [-0.39, 0.29) is 12.8 Å². The summed E-state index contributed by atoms with van der Waals surface area (Å²) >= 11 is 0. The first kappa shape index (κ1) is 21.5. The van der Waals surface area contributed by atoms with Gasteiger partial charge in [0.05, 0.1) is 5.52 Å². The molecule has 0 atom stereocenters. The molecular formula is C25H29F2N3O. The average Bonchev–Trinajstić information content (AvgIpc) is 3.01. The fraction of sp³-hybridized carbons (Fsp3) is 0.400. The largest absolute Gasteiger partial charge is 0.492 e. The number of alkyl halides is 2. The highest BCUT2D eigenvalue weighted by molar-refractivity contribution is 6.12. The van der Waals surface area contributed by atoms with Crippen LogP contribution in [0.3, 0.4) is 0 Å². The van der Waals surface area contributed by atoms with Crippen LogP contribution in [0.1, 0.15) is 29.5 Å². The van der Waals surface area contributed by atoms with Gasteiger partial charge in [-0.3, -0.25) is 9.89 Å². The van der Waals surface area contributed by atoms with Crippen molar-refractivity contribution in [3.63, 3.8) is 0 Å². The monoisotopic (exact) mass is 425 g/mol. The summed E-state index contributed by atoms with van der Waals surface area (Å²) < 4.78 is 34.8. The summed E-state index contributed by atoms with van der Waals surface area (Å²) in [5.41, 5.74) is 5.61. The van der Waals surface area contributed by atoms with Crippen molar-refractivity contribution in [2.24, 2.45) is 12.0 Å². The van der Waals surface area contributed by atoms with Gasteiger partial charge in [0, 0.05) is 74.6 Å². The van der Waals surface area contributed by atoms with Gasteiger partial charge in [-0.05, 0) is 42.3 Å². The van der Waals surface area contributed by atoms with Crippen molar-refractivity contribution >= 4 is 34.1 Å². The van der Waals surface area contributed by atoms with Gasteiger partial charge in [0.15, 0.2) is 0 Å². The topological polar surface area (TPSA) is 29.8 Å². The lowest BCUT2D eigenvalue weighted by atomic mass is 9.98. The second-order valence-electron chi connectivity index (χ2n) is 8.28. The Labute approximate surface area is 181 Å². The second-order valence-corrected chi connectivity index (χ2v) is 8.28. The number of fused-ring (bicyclic) bond motifs is 3. The summed E-state index contributed by atoms with van der Waals surface area (Å²) in [5, 5.41) is 2.27. The van der Waals surface area contributed by atoms with E-state index in [0.29, 0.717) is 26.2 Å². The quantitative estimate of drug-likeness (QED) is 0.492. The Balaban J connectivity index is 1.61. The highest BCUT2D eigenvalue weighted by atomic mass is 19.3. The van der Waals surface area contributed by atoms with Crippen molar-refractivity contribution < 1.29 is 13.5 Å². The zero-order chi connectivity index (χ0) is 22.2. The molecule has 0 amide bonds. The number of aryl methyl sites for hydroxylation is 2. The van der Waals surface area contributed by atoms with Crippen LogP contribution in [0.4, 0.5) is 8.78 Å². The number of hydrogen-bond donors (Lipinski definition) is 0. The van der Waals surface area contributed by atoms with Crippen molar-refractivity contribution in [1.82, 2.24) is 9.47 Å². The number of ether oxygens (including phenoxy) is 1. The molecule has 4 rings (SSSR count). The highest BCUT2D eigenvalue weighted by Gasteiger charge is 2.33. The Morgan fingerprint density at radius 1 is 1.19 bits per heavy atom. The van der Waals surface area contributed by atoms with Crippen LogP contribution in [0, 0.1) is 6.92 Å². The molecule has 3 aromatic rings. The molecule has 6 heteroatoms. The van der Waals surface area contributed by atoms with E-state index in [1.54, 1.807) is 7.05 Å². The Morgan fingerprint density at radius 3 is 2.61 bits per heavy atom. The summed E-state index contributed by atoms with van der Waals surface area (Å²) in [6.45, 7) is 8.08. The van der Waals surface area contributed by atoms with E-state index >= 15 is 0 Å². The van der Waals surface area contributed by atoms with E-state index < -0.39 is 5.92 Å². The van der Waals surface area contributed by atoms with Crippen LogP contribution in [-0.2, 0) is 7.05 Å². The van der Waals surface area contributed by atoms with E-state index in [1.807, 2.05) is 23.3 Å². The third-order valence-corrected chi connectivity index (χ3v) is 6.32. The van der Waals surface area contributed by atoms with E-state index in [2.05, 4.69) is 48.3 Å². The lowest BCUT2D eigenvalue weighted by Gasteiger charge is -2.31. The number of hydrogen-bond acceptors (Lipinski definition) is 3. The fourth-order valence-corrected chi connectivity index (χ4v) is 4.63. The Bertz CT molecular complexity index is 1150. The van der Waals surface area contributed by atoms with Crippen LogP contribution in [0.2, 0.25) is 0 Å². The molecule has 2 aromatic carbocycles. The van der Waals surface area contributed by atoms with E-state index in [4.69, 9.17) is 4.74 Å². The van der Waals surface area contributed by atoms with E-state index in [1.165, 1.54) is 11.1 Å². The van der Waals surface area contributed by atoms with Crippen LogP contribution in [-0.4, -0.2) is 54.9 Å². The molecule has 0 bridgehead atoms. The van der Waals surface area contributed by atoms with Gasteiger partial charge in [0.25, 0.3) is 5.92 Å². The zero-order valence-electron chi connectivity index (χ0n) is 18.4. The maximum absolute atomic E-state index is 13.3. The maximum atomic E-state index is 13.3. The number of rotatable bonds is 6. The number of halogens is 2. The Kier molecular flexibility index (Phi) is 5.84. The van der Waals surface area contributed by atoms with Crippen molar-refractivity contribution in [3.05, 3.63) is 47.5 Å². The molecule has 0 aliphatic carbocycles. The fourth-order valence-electron chi connectivity index (χ4n) is 4.63. The van der Waals surface area contributed by atoms with Gasteiger partial charge >= 0.3 is 0 Å². The first-order valence-electron chi connectivity index (χ1n) is 10.7. The van der Waals surface area contributed by atoms with Gasteiger partial charge in [0.1, 0.15) is 12.4 Å². The normalized spacial score (nSPS) is 17.1. The minimum atomic E-state index is -2.51. The molecule has 0 radical (unpaired) electrons. The van der Waals surface area contributed by atoms with Gasteiger partial charge < -0.3 is 9.30 Å². The molecule has 1 aliphatic rings. The molecule has 1 aromatic heterocycles. The second kappa shape index (κ2) is 8.42. The molecule has 1 aliphatic heterocycles. The third-order valence-electron chi connectivity index (χ3n) is 6.32. The molecule has 1 saturated heterocycles. The number of aromatic nitrogens is 1. The minimum Gasteiger partial charge on any atom is -0.492 e. The smallest absolute Gasteiger partial charge is 0.250 e. The maximum Gasteiger partial charge on any atom is 0.250 e. The summed E-state index contributed by atoms with van der Waals surface area (Å²) in [6.07, 6.45) is 3.62. The summed E-state index contributed by atoms with van der Waals surface area (Å²) in [6, 6.07) is 8.28. The van der Waals surface area contributed by atoms with Gasteiger partial charge in [-0.2, -0.15) is 0 Å². The first-order valence-corrected chi connectivity index (χ1v) is 10.7. The van der Waals surface area contributed by atoms with Gasteiger partial charge in [-0.25, -0.2) is 8.78 Å². The molecule has 0 unspecified atom stereocenters. The minimum absolute atomic E-state index is 0.0651. The number of benzene rings is 2. The Morgan fingerprint density at radius 2 is 1.94 bits per heavy atom. The molecule has 31 heavy (non-hydrogen) atoms. The molecule has 4 nitrogen and oxygen atoms in total. The predicted molar refractivity (Wildman–Crippen MR) is 125 cm³/mol. The van der Waals surface area contributed by atoms with Crippen molar-refractivity contribution in [2.45, 2.75) is 25.7 Å². The van der Waals surface area contributed by atoms with Gasteiger partial charge in [0.2, 0.25) is 0 Å². The molecule has 0 saturated carbocycles. The third kappa shape index (κ3) is 4.09. The molecule has 2 heterocycles. The molecule has 1 fully saturated rings. The molecular weight excluding hydrogens is 396 g/mol.